The normalized spacial score (nSPS) is 11.0. The molecule has 0 saturated heterocycles. The second-order valence-electron chi connectivity index (χ2n) is 7.02. The maximum Gasteiger partial charge on any atom is 0.258 e. The van der Waals surface area contributed by atoms with Gasteiger partial charge >= 0.3 is 0 Å². The number of ether oxygens (including phenoxy) is 2. The van der Waals surface area contributed by atoms with Gasteiger partial charge in [0, 0.05) is 24.3 Å². The van der Waals surface area contributed by atoms with E-state index in [1.165, 1.54) is 0 Å². The summed E-state index contributed by atoms with van der Waals surface area (Å²) in [5.74, 6) is -0.108. The maximum absolute atomic E-state index is 12.7. The van der Waals surface area contributed by atoms with Crippen LogP contribution in [-0.4, -0.2) is 54.6 Å². The van der Waals surface area contributed by atoms with Crippen LogP contribution in [0.1, 0.15) is 42.4 Å². The first-order chi connectivity index (χ1) is 14.4. The van der Waals surface area contributed by atoms with Gasteiger partial charge in [0.1, 0.15) is 0 Å². The Kier molecular flexibility index (Phi) is 9.46. The molecule has 30 heavy (non-hydrogen) atoms. The van der Waals surface area contributed by atoms with Gasteiger partial charge in [0.05, 0.1) is 44.1 Å². The minimum absolute atomic E-state index is 0.171. The molecule has 9 heteroatoms. The topological polar surface area (TPSA) is 120 Å². The second-order valence-corrected chi connectivity index (χ2v) is 7.02. The fourth-order valence-corrected chi connectivity index (χ4v) is 2.83. The summed E-state index contributed by atoms with van der Waals surface area (Å²) in [6.07, 6.45) is 0.171. The summed E-state index contributed by atoms with van der Waals surface area (Å²) in [7, 11) is 0. The highest BCUT2D eigenvalue weighted by Crippen LogP contribution is 2.19. The van der Waals surface area contributed by atoms with Crippen molar-refractivity contribution in [2.24, 2.45) is 5.73 Å². The Bertz CT molecular complexity index is 835. The molecule has 1 aromatic heterocycles. The highest BCUT2D eigenvalue weighted by atomic mass is 16.5. The molecule has 0 aliphatic heterocycles. The predicted octanol–water partition coefficient (Wildman–Crippen LogP) is 2.35. The quantitative estimate of drug-likeness (QED) is 0.456. The van der Waals surface area contributed by atoms with Crippen LogP contribution in [0.25, 0.3) is 0 Å². The molecule has 0 bridgehead atoms. The molecular weight excluding hydrogens is 386 g/mol. The third-order valence-electron chi connectivity index (χ3n) is 4.21. The third-order valence-corrected chi connectivity index (χ3v) is 4.21. The predicted molar refractivity (Wildman–Crippen MR) is 116 cm³/mol. The van der Waals surface area contributed by atoms with Crippen molar-refractivity contribution < 1.29 is 19.1 Å². The van der Waals surface area contributed by atoms with E-state index in [4.69, 9.17) is 15.2 Å². The standard InChI is InChI=1S/C21H31N5O4/c1-15(2)26-16(3)14-19(25-26)24-21(28)17-6-4-5-7-18(17)23-20(27)8-10-29-12-13-30-11-9-22/h4-7,14-15H,8-13,22H2,1-3H3,(H,23,27)(H,24,25,28). The van der Waals surface area contributed by atoms with Crippen LogP contribution in [0.4, 0.5) is 11.5 Å². The van der Waals surface area contributed by atoms with E-state index in [1.54, 1.807) is 24.3 Å². The zero-order valence-electron chi connectivity index (χ0n) is 17.8. The summed E-state index contributed by atoms with van der Waals surface area (Å²) in [6.45, 7) is 8.03. The van der Waals surface area contributed by atoms with E-state index in [-0.39, 0.29) is 30.9 Å². The van der Waals surface area contributed by atoms with Crippen molar-refractivity contribution in [3.8, 4) is 0 Å². The molecule has 1 aromatic carbocycles. The zero-order valence-corrected chi connectivity index (χ0v) is 17.8. The van der Waals surface area contributed by atoms with Gasteiger partial charge in [-0.3, -0.25) is 14.3 Å². The number of para-hydroxylation sites is 1. The summed E-state index contributed by atoms with van der Waals surface area (Å²) in [5.41, 5.74) is 7.08. The number of rotatable bonds is 12. The highest BCUT2D eigenvalue weighted by molar-refractivity contribution is 6.09. The SMILES string of the molecule is Cc1cc(NC(=O)c2ccccc2NC(=O)CCOCCOCCN)nn1C(C)C. The van der Waals surface area contributed by atoms with Crippen LogP contribution >= 0.6 is 0 Å². The Morgan fingerprint density at radius 2 is 1.80 bits per heavy atom. The highest BCUT2D eigenvalue weighted by Gasteiger charge is 2.15. The minimum atomic E-state index is -0.340. The van der Waals surface area contributed by atoms with Crippen molar-refractivity contribution >= 4 is 23.3 Å². The molecule has 2 aromatic rings. The molecule has 0 spiro atoms. The Balaban J connectivity index is 1.89. The lowest BCUT2D eigenvalue weighted by molar-refractivity contribution is -0.117. The first-order valence-corrected chi connectivity index (χ1v) is 10.0. The fraction of sp³-hybridized carbons (Fsp3) is 0.476. The number of hydrogen-bond donors (Lipinski definition) is 3. The van der Waals surface area contributed by atoms with Crippen LogP contribution < -0.4 is 16.4 Å². The Morgan fingerprint density at radius 1 is 1.10 bits per heavy atom. The van der Waals surface area contributed by atoms with E-state index in [0.29, 0.717) is 43.4 Å². The van der Waals surface area contributed by atoms with Crippen LogP contribution in [0.3, 0.4) is 0 Å². The third kappa shape index (κ3) is 7.25. The maximum atomic E-state index is 12.7. The van der Waals surface area contributed by atoms with E-state index in [0.717, 1.165) is 5.69 Å². The lowest BCUT2D eigenvalue weighted by Gasteiger charge is -2.11. The molecule has 4 N–H and O–H groups in total. The van der Waals surface area contributed by atoms with Gasteiger partial charge in [0.2, 0.25) is 5.91 Å². The van der Waals surface area contributed by atoms with Crippen molar-refractivity contribution in [1.29, 1.82) is 0 Å². The van der Waals surface area contributed by atoms with Crippen molar-refractivity contribution in [1.82, 2.24) is 9.78 Å². The summed E-state index contributed by atoms with van der Waals surface area (Å²) < 4.78 is 12.4. The smallest absolute Gasteiger partial charge is 0.258 e. The molecule has 0 aliphatic carbocycles. The average Bonchev–Trinajstić information content (AvgIpc) is 3.08. The number of anilines is 2. The van der Waals surface area contributed by atoms with E-state index in [2.05, 4.69) is 15.7 Å². The van der Waals surface area contributed by atoms with Crippen LogP contribution in [0.2, 0.25) is 0 Å². The molecular formula is C21H31N5O4. The monoisotopic (exact) mass is 417 g/mol. The Labute approximate surface area is 176 Å². The Hall–Kier alpha value is -2.75. The first-order valence-electron chi connectivity index (χ1n) is 10.0. The van der Waals surface area contributed by atoms with Crippen LogP contribution in [0.5, 0.6) is 0 Å². The van der Waals surface area contributed by atoms with Gasteiger partial charge in [-0.25, -0.2) is 0 Å². The molecule has 0 unspecified atom stereocenters. The number of aromatic nitrogens is 2. The lowest BCUT2D eigenvalue weighted by atomic mass is 10.1. The van der Waals surface area contributed by atoms with E-state index >= 15 is 0 Å². The lowest BCUT2D eigenvalue weighted by Crippen LogP contribution is -2.20. The molecule has 1 heterocycles. The van der Waals surface area contributed by atoms with Gasteiger partial charge in [-0.2, -0.15) is 5.10 Å². The molecule has 0 saturated carbocycles. The molecule has 164 valence electrons. The first kappa shape index (κ1) is 23.5. The van der Waals surface area contributed by atoms with Gasteiger partial charge in [0.25, 0.3) is 5.91 Å². The molecule has 0 aliphatic rings. The van der Waals surface area contributed by atoms with E-state index in [9.17, 15) is 9.59 Å². The van der Waals surface area contributed by atoms with Crippen LogP contribution in [0.15, 0.2) is 30.3 Å². The average molecular weight is 418 g/mol. The van der Waals surface area contributed by atoms with Gasteiger partial charge in [-0.15, -0.1) is 0 Å². The van der Waals surface area contributed by atoms with Crippen molar-refractivity contribution in [3.63, 3.8) is 0 Å². The number of aryl methyl sites for hydroxylation is 1. The molecule has 0 fully saturated rings. The number of carbonyl (C=O) groups is 2. The zero-order chi connectivity index (χ0) is 21.9. The number of amides is 2. The second kappa shape index (κ2) is 12.1. The fourth-order valence-electron chi connectivity index (χ4n) is 2.83. The number of nitrogens with zero attached hydrogens (tertiary/aromatic N) is 2. The van der Waals surface area contributed by atoms with Crippen molar-refractivity contribution in [2.75, 3.05) is 43.6 Å². The van der Waals surface area contributed by atoms with Crippen molar-refractivity contribution in [3.05, 3.63) is 41.6 Å². The van der Waals surface area contributed by atoms with Gasteiger partial charge in [-0.1, -0.05) is 12.1 Å². The molecule has 2 rings (SSSR count). The Morgan fingerprint density at radius 3 is 2.47 bits per heavy atom. The number of nitrogens with two attached hydrogens (primary N) is 1. The molecule has 0 atom stereocenters. The summed E-state index contributed by atoms with van der Waals surface area (Å²) >= 11 is 0. The van der Waals surface area contributed by atoms with Gasteiger partial charge < -0.3 is 25.8 Å². The number of carbonyl (C=O) groups excluding carboxylic acids is 2. The van der Waals surface area contributed by atoms with Gasteiger partial charge in [0.15, 0.2) is 5.82 Å². The molecule has 2 amide bonds. The van der Waals surface area contributed by atoms with Crippen molar-refractivity contribution in [2.45, 2.75) is 33.2 Å². The number of hydrogen-bond acceptors (Lipinski definition) is 6. The molecule has 9 nitrogen and oxygen atoms in total. The molecule has 0 radical (unpaired) electrons. The van der Waals surface area contributed by atoms with E-state index in [1.807, 2.05) is 31.5 Å². The number of nitrogens with one attached hydrogen (secondary N) is 2. The number of benzene rings is 1. The van der Waals surface area contributed by atoms with Crippen LogP contribution in [0, 0.1) is 6.92 Å². The summed E-state index contributed by atoms with van der Waals surface area (Å²) in [4.78, 5) is 25.0. The summed E-state index contributed by atoms with van der Waals surface area (Å²) in [6, 6.07) is 8.85. The minimum Gasteiger partial charge on any atom is -0.379 e. The van der Waals surface area contributed by atoms with Gasteiger partial charge in [-0.05, 0) is 32.9 Å². The largest absolute Gasteiger partial charge is 0.379 e. The van der Waals surface area contributed by atoms with E-state index < -0.39 is 0 Å². The summed E-state index contributed by atoms with van der Waals surface area (Å²) in [5, 5.41) is 9.97. The van der Waals surface area contributed by atoms with Crippen LogP contribution in [-0.2, 0) is 14.3 Å².